The van der Waals surface area contributed by atoms with Crippen molar-refractivity contribution >= 4 is 28.2 Å². The molecule has 1 unspecified atom stereocenters. The molecular formula is C26H28N6O3S. The van der Waals surface area contributed by atoms with Crippen molar-refractivity contribution in [1.29, 1.82) is 0 Å². The van der Waals surface area contributed by atoms with E-state index in [1.54, 1.807) is 6.07 Å². The van der Waals surface area contributed by atoms with E-state index in [-0.39, 0.29) is 5.91 Å². The molecule has 0 aliphatic rings. The molecule has 36 heavy (non-hydrogen) atoms. The molecule has 0 aliphatic carbocycles. The molecule has 2 heterocycles. The molecule has 186 valence electrons. The predicted molar refractivity (Wildman–Crippen MR) is 138 cm³/mol. The van der Waals surface area contributed by atoms with Crippen LogP contribution in [-0.2, 0) is 35.4 Å². The highest BCUT2D eigenvalue weighted by Gasteiger charge is 2.10. The van der Waals surface area contributed by atoms with Crippen LogP contribution >= 0.6 is 11.3 Å². The highest BCUT2D eigenvalue weighted by Crippen LogP contribution is 2.19. The summed E-state index contributed by atoms with van der Waals surface area (Å²) in [5.74, 6) is 0.327. The van der Waals surface area contributed by atoms with Gasteiger partial charge in [-0.05, 0) is 42.5 Å². The predicted octanol–water partition coefficient (Wildman–Crippen LogP) is 3.98. The van der Waals surface area contributed by atoms with Crippen LogP contribution in [0.2, 0.25) is 0 Å². The first-order chi connectivity index (χ1) is 17.6. The molecule has 0 saturated carbocycles. The Balaban J connectivity index is 1.12. The maximum atomic E-state index is 12.2. The number of rotatable bonds is 13. The fraction of sp³-hybridized carbons (Fsp3) is 0.269. The Hall–Kier alpha value is -3.73. The Labute approximate surface area is 213 Å². The number of carbonyl (C=O) groups excluding carboxylic acids is 1. The summed E-state index contributed by atoms with van der Waals surface area (Å²) in [5, 5.41) is 33.6. The minimum Gasteiger partial charge on any atom is -0.351 e. The number of nitrogens with zero attached hydrogens (tertiary/aromatic N) is 4. The zero-order chi connectivity index (χ0) is 25.0. The number of hydrogen-bond donors (Lipinski definition) is 3. The Morgan fingerprint density at radius 1 is 0.861 bits per heavy atom. The number of benzene rings is 2. The Kier molecular flexibility index (Phi) is 9.43. The molecular weight excluding hydrogens is 476 g/mol. The molecule has 4 aromatic rings. The molecule has 10 heteroatoms. The van der Waals surface area contributed by atoms with E-state index in [0.717, 1.165) is 47.5 Å². The van der Waals surface area contributed by atoms with Gasteiger partial charge in [-0.25, -0.2) is 0 Å². The van der Waals surface area contributed by atoms with Gasteiger partial charge in [0.1, 0.15) is 5.01 Å². The van der Waals surface area contributed by atoms with E-state index in [1.807, 2.05) is 66.7 Å². The molecule has 0 spiro atoms. The minimum absolute atomic E-state index is 0.121. The molecule has 4 rings (SSSR count). The van der Waals surface area contributed by atoms with Crippen LogP contribution in [0.25, 0.3) is 0 Å². The molecule has 0 bridgehead atoms. The fourth-order valence-corrected chi connectivity index (χ4v) is 4.21. The van der Waals surface area contributed by atoms with E-state index >= 15 is 0 Å². The molecule has 0 saturated heterocycles. The topological polar surface area (TPSA) is 122 Å². The van der Waals surface area contributed by atoms with Crippen molar-refractivity contribution in [2.24, 2.45) is 0 Å². The van der Waals surface area contributed by atoms with Gasteiger partial charge in [-0.15, -0.1) is 15.3 Å². The summed E-state index contributed by atoms with van der Waals surface area (Å²) < 4.78 is 5.39. The van der Waals surface area contributed by atoms with E-state index in [9.17, 15) is 9.90 Å². The SMILES string of the molecule is O=C(Cc1ccccc1)Nc1ccc(CCCCc2nnc(NC(O)OCc3ccccc3)s2)nn1. The van der Waals surface area contributed by atoms with Gasteiger partial charge in [-0.1, -0.05) is 72.0 Å². The van der Waals surface area contributed by atoms with E-state index in [4.69, 9.17) is 4.74 Å². The zero-order valence-electron chi connectivity index (χ0n) is 19.7. The standard InChI is InChI=1S/C26H28N6O3S/c33-23(17-19-9-3-1-4-10-19)27-22-16-15-21(29-30-22)13-7-8-14-24-31-32-25(36-24)28-26(34)35-18-20-11-5-2-6-12-20/h1-6,9-12,15-16,26,34H,7-8,13-14,17-18H2,(H,28,32)(H,27,30,33). The third-order valence-electron chi connectivity index (χ3n) is 5.23. The van der Waals surface area contributed by atoms with Gasteiger partial charge in [0, 0.05) is 6.42 Å². The second-order valence-corrected chi connectivity index (χ2v) is 9.18. The number of aliphatic hydroxyl groups is 1. The van der Waals surface area contributed by atoms with Crippen molar-refractivity contribution in [1.82, 2.24) is 20.4 Å². The molecule has 0 fully saturated rings. The molecule has 0 radical (unpaired) electrons. The van der Waals surface area contributed by atoms with Crippen LogP contribution in [0, 0.1) is 0 Å². The second kappa shape index (κ2) is 13.4. The van der Waals surface area contributed by atoms with E-state index in [1.165, 1.54) is 11.3 Å². The molecule has 1 atom stereocenters. The van der Waals surface area contributed by atoms with Crippen LogP contribution in [0.3, 0.4) is 0 Å². The number of nitrogens with one attached hydrogen (secondary N) is 2. The molecule has 0 aliphatic heterocycles. The van der Waals surface area contributed by atoms with Crippen molar-refractivity contribution in [2.75, 3.05) is 10.6 Å². The first kappa shape index (κ1) is 25.4. The van der Waals surface area contributed by atoms with Crippen molar-refractivity contribution < 1.29 is 14.6 Å². The van der Waals surface area contributed by atoms with E-state index < -0.39 is 6.41 Å². The van der Waals surface area contributed by atoms with Crippen molar-refractivity contribution in [3.05, 3.63) is 94.6 Å². The van der Waals surface area contributed by atoms with Gasteiger partial charge in [0.15, 0.2) is 5.82 Å². The first-order valence-corrected chi connectivity index (χ1v) is 12.5. The van der Waals surface area contributed by atoms with Gasteiger partial charge in [0.2, 0.25) is 17.5 Å². The number of amides is 1. The fourth-order valence-electron chi connectivity index (χ4n) is 3.42. The number of aromatic nitrogens is 4. The smallest absolute Gasteiger partial charge is 0.237 e. The molecule has 2 aromatic heterocycles. The molecule has 1 amide bonds. The Morgan fingerprint density at radius 3 is 2.31 bits per heavy atom. The monoisotopic (exact) mass is 504 g/mol. The summed E-state index contributed by atoms with van der Waals surface area (Å²) in [6, 6.07) is 22.9. The average molecular weight is 505 g/mol. The van der Waals surface area contributed by atoms with Crippen LogP contribution in [0.4, 0.5) is 10.9 Å². The summed E-state index contributed by atoms with van der Waals surface area (Å²) >= 11 is 1.40. The van der Waals surface area contributed by atoms with Crippen LogP contribution < -0.4 is 10.6 Å². The number of unbranched alkanes of at least 4 members (excludes halogenated alkanes) is 1. The van der Waals surface area contributed by atoms with Gasteiger partial charge in [-0.3, -0.25) is 4.79 Å². The molecule has 2 aromatic carbocycles. The van der Waals surface area contributed by atoms with Gasteiger partial charge in [0.05, 0.1) is 18.7 Å². The Bertz CT molecular complexity index is 1210. The lowest BCUT2D eigenvalue weighted by Crippen LogP contribution is -2.22. The van der Waals surface area contributed by atoms with Crippen LogP contribution in [0.1, 0.15) is 34.7 Å². The molecule has 9 nitrogen and oxygen atoms in total. The number of ether oxygens (including phenoxy) is 1. The third kappa shape index (κ3) is 8.49. The maximum Gasteiger partial charge on any atom is 0.237 e. The maximum absolute atomic E-state index is 12.2. The van der Waals surface area contributed by atoms with Gasteiger partial charge >= 0.3 is 0 Å². The van der Waals surface area contributed by atoms with Crippen molar-refractivity contribution in [3.63, 3.8) is 0 Å². The number of aliphatic hydroxyl groups excluding tert-OH is 1. The highest BCUT2D eigenvalue weighted by atomic mass is 32.1. The van der Waals surface area contributed by atoms with E-state index in [0.29, 0.717) is 24.0 Å². The van der Waals surface area contributed by atoms with Crippen LogP contribution in [0.5, 0.6) is 0 Å². The first-order valence-electron chi connectivity index (χ1n) is 11.7. The van der Waals surface area contributed by atoms with Crippen LogP contribution in [0.15, 0.2) is 72.8 Å². The summed E-state index contributed by atoms with van der Waals surface area (Å²) in [5.41, 5.74) is 2.79. The summed E-state index contributed by atoms with van der Waals surface area (Å²) in [4.78, 5) is 12.2. The highest BCUT2D eigenvalue weighted by molar-refractivity contribution is 7.15. The number of hydrogen-bond acceptors (Lipinski definition) is 9. The van der Waals surface area contributed by atoms with Gasteiger partial charge < -0.3 is 20.5 Å². The van der Waals surface area contributed by atoms with E-state index in [2.05, 4.69) is 31.0 Å². The quantitative estimate of drug-likeness (QED) is 0.185. The number of anilines is 2. The Morgan fingerprint density at radius 2 is 1.58 bits per heavy atom. The summed E-state index contributed by atoms with van der Waals surface area (Å²) in [6.07, 6.45) is 2.53. The lowest BCUT2D eigenvalue weighted by Gasteiger charge is -2.12. The minimum atomic E-state index is -1.16. The largest absolute Gasteiger partial charge is 0.351 e. The number of carbonyl (C=O) groups is 1. The second-order valence-electron chi connectivity index (χ2n) is 8.12. The number of aryl methyl sites for hydroxylation is 2. The summed E-state index contributed by atoms with van der Waals surface area (Å²) in [7, 11) is 0. The van der Waals surface area contributed by atoms with Gasteiger partial charge in [0.25, 0.3) is 0 Å². The van der Waals surface area contributed by atoms with Crippen molar-refractivity contribution in [2.45, 2.75) is 45.1 Å². The normalized spacial score (nSPS) is 11.7. The lowest BCUT2D eigenvalue weighted by molar-refractivity contribution is -0.115. The van der Waals surface area contributed by atoms with Crippen molar-refractivity contribution in [3.8, 4) is 0 Å². The van der Waals surface area contributed by atoms with Crippen LogP contribution in [-0.4, -0.2) is 37.8 Å². The average Bonchev–Trinajstić information content (AvgIpc) is 3.34. The lowest BCUT2D eigenvalue weighted by atomic mass is 10.1. The zero-order valence-corrected chi connectivity index (χ0v) is 20.5. The third-order valence-corrected chi connectivity index (χ3v) is 6.15. The summed E-state index contributed by atoms with van der Waals surface area (Å²) in [6.45, 7) is 0.296. The van der Waals surface area contributed by atoms with Gasteiger partial charge in [-0.2, -0.15) is 5.10 Å². The molecule has 3 N–H and O–H groups in total.